The molecule has 0 bridgehead atoms. The number of hydrogen-bond donors (Lipinski definition) is 2. The van der Waals surface area contributed by atoms with E-state index in [-0.39, 0.29) is 18.0 Å². The van der Waals surface area contributed by atoms with Crippen LogP contribution in [0.15, 0.2) is 29.2 Å². The van der Waals surface area contributed by atoms with Gasteiger partial charge in [0.2, 0.25) is 5.91 Å². The number of hydrogen-bond acceptors (Lipinski definition) is 3. The summed E-state index contributed by atoms with van der Waals surface area (Å²) in [5.41, 5.74) is 6.73. The van der Waals surface area contributed by atoms with Gasteiger partial charge in [0.1, 0.15) is 0 Å². The Morgan fingerprint density at radius 1 is 1.21 bits per heavy atom. The lowest BCUT2D eigenvalue weighted by Crippen LogP contribution is -2.46. The second-order valence-corrected chi connectivity index (χ2v) is 6.40. The highest BCUT2D eigenvalue weighted by atomic mass is 32.2. The maximum atomic E-state index is 11.3. The molecule has 0 saturated heterocycles. The lowest BCUT2D eigenvalue weighted by Gasteiger charge is -2.17. The van der Waals surface area contributed by atoms with Gasteiger partial charge < -0.3 is 11.1 Å². The standard InChI is InChI=1S/C15H24N2OS/c1-10(2)12-5-7-13(8-6-12)19-9-14(15(16)18)17-11(3)4/h5-8,10-11,14,17H,9H2,1-4H3,(H2,16,18). The zero-order chi connectivity index (χ0) is 14.4. The van der Waals surface area contributed by atoms with Crippen molar-refractivity contribution in [3.8, 4) is 0 Å². The third kappa shape index (κ3) is 5.66. The van der Waals surface area contributed by atoms with Gasteiger partial charge in [0.15, 0.2) is 0 Å². The molecular weight excluding hydrogens is 256 g/mol. The minimum absolute atomic E-state index is 0.251. The number of amides is 1. The van der Waals surface area contributed by atoms with Crippen LogP contribution in [0.1, 0.15) is 39.2 Å². The van der Waals surface area contributed by atoms with Crippen LogP contribution in [0, 0.1) is 0 Å². The Morgan fingerprint density at radius 3 is 2.21 bits per heavy atom. The summed E-state index contributed by atoms with van der Waals surface area (Å²) in [4.78, 5) is 12.5. The Hall–Kier alpha value is -1.00. The molecule has 0 aliphatic rings. The predicted octanol–water partition coefficient (Wildman–Crippen LogP) is 2.75. The van der Waals surface area contributed by atoms with Gasteiger partial charge >= 0.3 is 0 Å². The van der Waals surface area contributed by atoms with E-state index in [1.165, 1.54) is 10.5 Å². The van der Waals surface area contributed by atoms with Crippen molar-refractivity contribution in [2.24, 2.45) is 5.73 Å². The Balaban J connectivity index is 2.56. The van der Waals surface area contributed by atoms with E-state index in [0.717, 1.165) is 0 Å². The molecule has 1 unspecified atom stereocenters. The molecule has 0 aliphatic heterocycles. The van der Waals surface area contributed by atoms with E-state index < -0.39 is 0 Å². The molecule has 4 heteroatoms. The van der Waals surface area contributed by atoms with E-state index in [2.05, 4.69) is 43.4 Å². The Morgan fingerprint density at radius 2 is 1.79 bits per heavy atom. The summed E-state index contributed by atoms with van der Waals surface area (Å²) in [6.07, 6.45) is 0. The third-order valence-corrected chi connectivity index (χ3v) is 3.95. The highest BCUT2D eigenvalue weighted by Gasteiger charge is 2.16. The molecule has 0 heterocycles. The normalized spacial score (nSPS) is 12.9. The van der Waals surface area contributed by atoms with Crippen LogP contribution in [0.2, 0.25) is 0 Å². The fourth-order valence-electron chi connectivity index (χ4n) is 1.74. The summed E-state index contributed by atoms with van der Waals surface area (Å²) < 4.78 is 0. The summed E-state index contributed by atoms with van der Waals surface area (Å²) in [5.74, 6) is 0.911. The van der Waals surface area contributed by atoms with Crippen LogP contribution in [-0.4, -0.2) is 23.7 Å². The van der Waals surface area contributed by atoms with Crippen molar-refractivity contribution in [2.45, 2.75) is 50.6 Å². The summed E-state index contributed by atoms with van der Waals surface area (Å²) in [7, 11) is 0. The van der Waals surface area contributed by atoms with Crippen molar-refractivity contribution in [3.05, 3.63) is 29.8 Å². The maximum Gasteiger partial charge on any atom is 0.235 e. The van der Waals surface area contributed by atoms with E-state index in [0.29, 0.717) is 11.7 Å². The number of benzene rings is 1. The monoisotopic (exact) mass is 280 g/mol. The van der Waals surface area contributed by atoms with Gasteiger partial charge in [-0.3, -0.25) is 4.79 Å². The van der Waals surface area contributed by atoms with Gasteiger partial charge in [-0.15, -0.1) is 11.8 Å². The van der Waals surface area contributed by atoms with Crippen LogP contribution >= 0.6 is 11.8 Å². The molecule has 106 valence electrons. The van der Waals surface area contributed by atoms with Crippen LogP contribution in [0.3, 0.4) is 0 Å². The van der Waals surface area contributed by atoms with Crippen LogP contribution < -0.4 is 11.1 Å². The first kappa shape index (κ1) is 16.1. The molecule has 1 rings (SSSR count). The molecule has 0 radical (unpaired) electrons. The predicted molar refractivity (Wildman–Crippen MR) is 82.5 cm³/mol. The van der Waals surface area contributed by atoms with Crippen LogP contribution in [0.5, 0.6) is 0 Å². The SMILES string of the molecule is CC(C)NC(CSc1ccc(C(C)C)cc1)C(N)=O. The zero-order valence-electron chi connectivity index (χ0n) is 12.1. The fraction of sp³-hybridized carbons (Fsp3) is 0.533. The van der Waals surface area contributed by atoms with Gasteiger partial charge in [0.05, 0.1) is 6.04 Å². The molecule has 3 N–H and O–H groups in total. The minimum Gasteiger partial charge on any atom is -0.368 e. The van der Waals surface area contributed by atoms with Crippen molar-refractivity contribution in [1.82, 2.24) is 5.32 Å². The van der Waals surface area contributed by atoms with Gasteiger partial charge in [-0.25, -0.2) is 0 Å². The Bertz CT molecular complexity index is 401. The van der Waals surface area contributed by atoms with Crippen molar-refractivity contribution in [1.29, 1.82) is 0 Å². The molecule has 0 aliphatic carbocycles. The number of nitrogens with two attached hydrogens (primary N) is 1. The van der Waals surface area contributed by atoms with Crippen molar-refractivity contribution in [3.63, 3.8) is 0 Å². The number of primary amides is 1. The number of nitrogens with one attached hydrogen (secondary N) is 1. The second-order valence-electron chi connectivity index (χ2n) is 5.31. The minimum atomic E-state index is -0.292. The van der Waals surface area contributed by atoms with Crippen LogP contribution in [0.4, 0.5) is 0 Å². The van der Waals surface area contributed by atoms with Gasteiger partial charge in [-0.05, 0) is 23.6 Å². The first-order valence-electron chi connectivity index (χ1n) is 6.68. The van der Waals surface area contributed by atoms with Crippen LogP contribution in [-0.2, 0) is 4.79 Å². The molecule has 0 aromatic heterocycles. The summed E-state index contributed by atoms with van der Waals surface area (Å²) in [6.45, 7) is 8.38. The molecule has 0 fully saturated rings. The number of thioether (sulfide) groups is 1. The topological polar surface area (TPSA) is 55.1 Å². The largest absolute Gasteiger partial charge is 0.368 e. The zero-order valence-corrected chi connectivity index (χ0v) is 13.0. The van der Waals surface area contributed by atoms with Gasteiger partial charge in [0, 0.05) is 16.7 Å². The number of carbonyl (C=O) groups excluding carboxylic acids is 1. The average Bonchev–Trinajstić information content (AvgIpc) is 2.34. The highest BCUT2D eigenvalue weighted by Crippen LogP contribution is 2.22. The van der Waals surface area contributed by atoms with Gasteiger partial charge in [-0.1, -0.05) is 39.8 Å². The first-order chi connectivity index (χ1) is 8.90. The molecule has 0 saturated carbocycles. The average molecular weight is 280 g/mol. The molecule has 1 atom stereocenters. The summed E-state index contributed by atoms with van der Waals surface area (Å²) in [5, 5.41) is 3.18. The van der Waals surface area contributed by atoms with Crippen molar-refractivity contribution >= 4 is 17.7 Å². The van der Waals surface area contributed by atoms with E-state index >= 15 is 0 Å². The third-order valence-electron chi connectivity index (χ3n) is 2.84. The number of rotatable bonds is 7. The van der Waals surface area contributed by atoms with E-state index in [9.17, 15) is 4.79 Å². The smallest absolute Gasteiger partial charge is 0.235 e. The fourth-order valence-corrected chi connectivity index (χ4v) is 2.69. The molecule has 1 aromatic carbocycles. The summed E-state index contributed by atoms with van der Waals surface area (Å²) >= 11 is 1.66. The van der Waals surface area contributed by atoms with Gasteiger partial charge in [-0.2, -0.15) is 0 Å². The molecule has 1 aromatic rings. The van der Waals surface area contributed by atoms with Crippen molar-refractivity contribution < 1.29 is 4.79 Å². The Kier molecular flexibility index (Phi) is 6.38. The lowest BCUT2D eigenvalue weighted by molar-refractivity contribution is -0.119. The summed E-state index contributed by atoms with van der Waals surface area (Å²) in [6, 6.07) is 8.46. The molecular formula is C15H24N2OS. The molecule has 19 heavy (non-hydrogen) atoms. The maximum absolute atomic E-state index is 11.3. The lowest BCUT2D eigenvalue weighted by atomic mass is 10.0. The first-order valence-corrected chi connectivity index (χ1v) is 7.66. The van der Waals surface area contributed by atoms with E-state index in [1.807, 2.05) is 13.8 Å². The molecule has 0 spiro atoms. The molecule has 3 nitrogen and oxygen atoms in total. The molecule has 1 amide bonds. The second kappa shape index (κ2) is 7.56. The van der Waals surface area contributed by atoms with E-state index in [4.69, 9.17) is 5.73 Å². The highest BCUT2D eigenvalue weighted by molar-refractivity contribution is 7.99. The van der Waals surface area contributed by atoms with Crippen molar-refractivity contribution in [2.75, 3.05) is 5.75 Å². The van der Waals surface area contributed by atoms with Crippen LogP contribution in [0.25, 0.3) is 0 Å². The Labute approximate surface area is 120 Å². The van der Waals surface area contributed by atoms with E-state index in [1.54, 1.807) is 11.8 Å². The quantitative estimate of drug-likeness (QED) is 0.755. The number of carbonyl (C=O) groups is 1. The van der Waals surface area contributed by atoms with Gasteiger partial charge in [0.25, 0.3) is 0 Å².